The smallest absolute Gasteiger partial charge is 0.376 e. The van der Waals surface area contributed by atoms with Crippen molar-refractivity contribution in [2.75, 3.05) is 31.1 Å². The lowest BCUT2D eigenvalue weighted by Crippen LogP contribution is -2.56. The molecule has 3 aromatic rings. The molecule has 12 heteroatoms. The van der Waals surface area contributed by atoms with Crippen LogP contribution in [0.2, 0.25) is 0 Å². The number of nitrogens with zero attached hydrogens (tertiary/aromatic N) is 3. The molecule has 0 bridgehead atoms. The summed E-state index contributed by atoms with van der Waals surface area (Å²) in [6.45, 7) is 1.66. The average molecular weight is 568 g/mol. The summed E-state index contributed by atoms with van der Waals surface area (Å²) in [5.41, 5.74) is -1.84. The fourth-order valence-electron chi connectivity index (χ4n) is 4.28. The molecule has 204 valence electrons. The number of benzene rings is 2. The number of ether oxygens (including phenoxy) is 1. The first-order chi connectivity index (χ1) is 17.9. The normalized spacial score (nSPS) is 18.8. The van der Waals surface area contributed by atoms with Crippen LogP contribution in [0.1, 0.15) is 18.1 Å². The quantitative estimate of drug-likeness (QED) is 0.397. The van der Waals surface area contributed by atoms with Crippen molar-refractivity contribution in [2.24, 2.45) is 0 Å². The number of halogens is 3. The van der Waals surface area contributed by atoms with Gasteiger partial charge in [-0.25, -0.2) is 8.42 Å². The highest BCUT2D eigenvalue weighted by atomic mass is 32.2. The zero-order valence-corrected chi connectivity index (χ0v) is 22.3. The molecule has 0 unspecified atom stereocenters. The van der Waals surface area contributed by atoms with Gasteiger partial charge in [0, 0.05) is 42.6 Å². The molecule has 1 saturated heterocycles. The predicted molar refractivity (Wildman–Crippen MR) is 140 cm³/mol. The Morgan fingerprint density at radius 2 is 1.79 bits per heavy atom. The molecule has 4 rings (SSSR count). The standard InChI is InChI=1S/C26H28F3N3O4S2/c1-25(33,26(27,28)29)20-8-10-21(11-9-20)32-14-13-31(38(34,35)24-7-3-2-6-23(24)37)16-22(32)18-36-17-19-5-4-12-30-15-19/h2-12,15,22,33,37H,13-14,16-18H2,1H3/t22-,25-/m1/s1. The van der Waals surface area contributed by atoms with Gasteiger partial charge >= 0.3 is 6.18 Å². The maximum atomic E-state index is 13.4. The highest BCUT2D eigenvalue weighted by Gasteiger charge is 2.51. The molecule has 2 aromatic carbocycles. The minimum Gasteiger partial charge on any atom is -0.376 e. The van der Waals surface area contributed by atoms with E-state index in [4.69, 9.17) is 4.74 Å². The fourth-order valence-corrected chi connectivity index (χ4v) is 6.34. The van der Waals surface area contributed by atoms with Crippen LogP contribution in [-0.2, 0) is 27.0 Å². The monoisotopic (exact) mass is 567 g/mol. The van der Waals surface area contributed by atoms with E-state index in [0.29, 0.717) is 17.5 Å². The fraction of sp³-hybridized carbons (Fsp3) is 0.346. The van der Waals surface area contributed by atoms with E-state index >= 15 is 0 Å². The lowest BCUT2D eigenvalue weighted by atomic mass is 9.95. The third-order valence-corrected chi connectivity index (χ3v) is 9.01. The van der Waals surface area contributed by atoms with Gasteiger partial charge in [-0.2, -0.15) is 17.5 Å². The highest BCUT2D eigenvalue weighted by molar-refractivity contribution is 7.90. The van der Waals surface area contributed by atoms with E-state index in [9.17, 15) is 26.7 Å². The third-order valence-electron chi connectivity index (χ3n) is 6.54. The van der Waals surface area contributed by atoms with E-state index in [1.807, 2.05) is 11.0 Å². The SMILES string of the molecule is C[C@@](O)(c1ccc(N2CCN(S(=O)(=O)c3ccccc3S)C[C@@H]2COCc2cccnc2)cc1)C(F)(F)F. The van der Waals surface area contributed by atoms with Gasteiger partial charge in [-0.1, -0.05) is 30.3 Å². The van der Waals surface area contributed by atoms with Gasteiger partial charge in [0.15, 0.2) is 5.60 Å². The zero-order chi connectivity index (χ0) is 27.6. The highest BCUT2D eigenvalue weighted by Crippen LogP contribution is 2.39. The molecule has 7 nitrogen and oxygen atoms in total. The Hall–Kier alpha value is -2.64. The molecular weight excluding hydrogens is 539 g/mol. The van der Waals surface area contributed by atoms with Crippen LogP contribution in [0.4, 0.5) is 18.9 Å². The summed E-state index contributed by atoms with van der Waals surface area (Å²) in [6, 6.07) is 15.1. The van der Waals surface area contributed by atoms with E-state index in [2.05, 4.69) is 17.6 Å². The summed E-state index contributed by atoms with van der Waals surface area (Å²) in [4.78, 5) is 6.41. The molecule has 0 amide bonds. The second-order valence-corrected chi connectivity index (χ2v) is 11.6. The van der Waals surface area contributed by atoms with Gasteiger partial charge in [0.25, 0.3) is 0 Å². The van der Waals surface area contributed by atoms with Gasteiger partial charge < -0.3 is 14.7 Å². The number of aliphatic hydroxyl groups is 1. The van der Waals surface area contributed by atoms with Crippen LogP contribution < -0.4 is 4.90 Å². The van der Waals surface area contributed by atoms with Gasteiger partial charge in [-0.3, -0.25) is 4.98 Å². The second-order valence-electron chi connectivity index (χ2n) is 9.17. The van der Waals surface area contributed by atoms with Gasteiger partial charge in [0.05, 0.1) is 24.2 Å². The summed E-state index contributed by atoms with van der Waals surface area (Å²) in [6.07, 6.45) is -1.51. The summed E-state index contributed by atoms with van der Waals surface area (Å²) in [7, 11) is -3.84. The number of thiol groups is 1. The molecule has 38 heavy (non-hydrogen) atoms. The number of aromatic nitrogens is 1. The third kappa shape index (κ3) is 5.99. The lowest BCUT2D eigenvalue weighted by Gasteiger charge is -2.42. The molecule has 0 saturated carbocycles. The van der Waals surface area contributed by atoms with Crippen molar-refractivity contribution in [3.05, 3.63) is 84.2 Å². The number of anilines is 1. The Balaban J connectivity index is 1.58. The van der Waals surface area contributed by atoms with Crippen molar-refractivity contribution in [1.29, 1.82) is 0 Å². The largest absolute Gasteiger partial charge is 0.421 e. The van der Waals surface area contributed by atoms with Gasteiger partial charge in [0.2, 0.25) is 10.0 Å². The van der Waals surface area contributed by atoms with Crippen LogP contribution in [0.25, 0.3) is 0 Å². The maximum Gasteiger partial charge on any atom is 0.421 e. The Morgan fingerprint density at radius 1 is 1.08 bits per heavy atom. The van der Waals surface area contributed by atoms with Crippen LogP contribution in [-0.4, -0.2) is 61.3 Å². The molecule has 1 N–H and O–H groups in total. The Kier molecular flexibility index (Phi) is 8.38. The predicted octanol–water partition coefficient (Wildman–Crippen LogP) is 4.24. The number of sulfonamides is 1. The topological polar surface area (TPSA) is 83.0 Å². The first kappa shape index (κ1) is 28.4. The van der Waals surface area contributed by atoms with Crippen molar-refractivity contribution in [1.82, 2.24) is 9.29 Å². The molecule has 0 radical (unpaired) electrons. The number of piperazine rings is 1. The molecule has 1 aromatic heterocycles. The molecule has 1 aliphatic rings. The van der Waals surface area contributed by atoms with E-state index in [1.54, 1.807) is 36.7 Å². The van der Waals surface area contributed by atoms with Crippen molar-refractivity contribution >= 4 is 28.3 Å². The summed E-state index contributed by atoms with van der Waals surface area (Å²) < 4.78 is 74.0. The molecule has 0 spiro atoms. The van der Waals surface area contributed by atoms with Crippen molar-refractivity contribution in [3.63, 3.8) is 0 Å². The van der Waals surface area contributed by atoms with Crippen molar-refractivity contribution in [2.45, 2.75) is 41.1 Å². The van der Waals surface area contributed by atoms with E-state index in [-0.39, 0.29) is 43.3 Å². The van der Waals surface area contributed by atoms with E-state index in [1.165, 1.54) is 34.6 Å². The number of rotatable bonds is 8. The van der Waals surface area contributed by atoms with E-state index in [0.717, 1.165) is 5.56 Å². The van der Waals surface area contributed by atoms with Crippen LogP contribution in [0, 0.1) is 0 Å². The zero-order valence-electron chi connectivity index (χ0n) is 20.5. The number of pyridine rings is 1. The first-order valence-electron chi connectivity index (χ1n) is 11.8. The van der Waals surface area contributed by atoms with Crippen LogP contribution >= 0.6 is 12.6 Å². The molecule has 2 heterocycles. The van der Waals surface area contributed by atoms with E-state index < -0.39 is 27.8 Å². The summed E-state index contributed by atoms with van der Waals surface area (Å²) >= 11 is 4.31. The second kappa shape index (κ2) is 11.2. The summed E-state index contributed by atoms with van der Waals surface area (Å²) in [5, 5.41) is 10.0. The Labute approximate surface area is 225 Å². The van der Waals surface area contributed by atoms with Crippen molar-refractivity contribution < 1.29 is 31.4 Å². The number of hydrogen-bond donors (Lipinski definition) is 2. The average Bonchev–Trinajstić information content (AvgIpc) is 2.89. The van der Waals surface area contributed by atoms with Crippen LogP contribution in [0.15, 0.2) is 82.8 Å². The minimum atomic E-state index is -4.83. The van der Waals surface area contributed by atoms with Gasteiger partial charge in [0.1, 0.15) is 0 Å². The lowest BCUT2D eigenvalue weighted by molar-refractivity contribution is -0.258. The number of hydrogen-bond acceptors (Lipinski definition) is 7. The molecule has 2 atom stereocenters. The molecular formula is C26H28F3N3O4S2. The molecule has 1 aliphatic heterocycles. The van der Waals surface area contributed by atoms with Gasteiger partial charge in [-0.05, 0) is 48.4 Å². The van der Waals surface area contributed by atoms with Crippen LogP contribution in [0.3, 0.4) is 0 Å². The Bertz CT molecular complexity index is 1340. The first-order valence-corrected chi connectivity index (χ1v) is 13.7. The maximum absolute atomic E-state index is 13.4. The number of alkyl halides is 3. The van der Waals surface area contributed by atoms with Gasteiger partial charge in [-0.15, -0.1) is 12.6 Å². The summed E-state index contributed by atoms with van der Waals surface area (Å²) in [5.74, 6) is 0. The molecule has 1 fully saturated rings. The van der Waals surface area contributed by atoms with Crippen LogP contribution in [0.5, 0.6) is 0 Å². The minimum absolute atomic E-state index is 0.0967. The molecule has 0 aliphatic carbocycles. The van der Waals surface area contributed by atoms with Crippen molar-refractivity contribution in [3.8, 4) is 0 Å². The Morgan fingerprint density at radius 3 is 2.42 bits per heavy atom.